The lowest BCUT2D eigenvalue weighted by Crippen LogP contribution is -2.22. The number of alkyl halides is 3. The molecule has 4 rings (SSSR count). The fourth-order valence-corrected chi connectivity index (χ4v) is 3.98. The first-order valence-electron chi connectivity index (χ1n) is 10.1. The van der Waals surface area contributed by atoms with Crippen molar-refractivity contribution in [2.75, 3.05) is 13.2 Å². The van der Waals surface area contributed by atoms with E-state index in [1.165, 1.54) is 19.1 Å². The van der Waals surface area contributed by atoms with Gasteiger partial charge in [0.05, 0.1) is 41.6 Å². The first-order valence-corrected chi connectivity index (χ1v) is 10.5. The topological polar surface area (TPSA) is 79.4 Å². The molecule has 1 unspecified atom stereocenters. The molecule has 0 radical (unpaired) electrons. The van der Waals surface area contributed by atoms with E-state index in [0.29, 0.717) is 13.0 Å². The third kappa shape index (κ3) is 4.47. The molecule has 7 nitrogen and oxygen atoms in total. The van der Waals surface area contributed by atoms with Crippen LogP contribution in [0.2, 0.25) is 5.02 Å². The van der Waals surface area contributed by atoms with Crippen LogP contribution in [0.5, 0.6) is 0 Å². The molecule has 0 N–H and O–H groups in total. The highest BCUT2D eigenvalue weighted by molar-refractivity contribution is 6.33. The Labute approximate surface area is 190 Å². The Balaban J connectivity index is 1.90. The molecule has 0 saturated carbocycles. The van der Waals surface area contributed by atoms with Crippen LogP contribution in [-0.4, -0.2) is 40.2 Å². The van der Waals surface area contributed by atoms with Crippen molar-refractivity contribution in [1.82, 2.24) is 14.9 Å². The van der Waals surface area contributed by atoms with Crippen LogP contribution in [0.3, 0.4) is 0 Å². The summed E-state index contributed by atoms with van der Waals surface area (Å²) in [5, 5.41) is 7.45. The zero-order chi connectivity index (χ0) is 23.8. The van der Waals surface area contributed by atoms with Gasteiger partial charge < -0.3 is 14.0 Å². The number of esters is 1. The van der Waals surface area contributed by atoms with Gasteiger partial charge in [-0.1, -0.05) is 22.8 Å². The number of hydrogen-bond donors (Lipinski definition) is 0. The summed E-state index contributed by atoms with van der Waals surface area (Å²) in [5.41, 5.74) is -2.82. The van der Waals surface area contributed by atoms with Crippen molar-refractivity contribution in [3.63, 3.8) is 0 Å². The van der Waals surface area contributed by atoms with Gasteiger partial charge >= 0.3 is 12.1 Å². The van der Waals surface area contributed by atoms with E-state index < -0.39 is 46.6 Å². The molecule has 176 valence electrons. The van der Waals surface area contributed by atoms with Gasteiger partial charge in [0.15, 0.2) is 11.5 Å². The van der Waals surface area contributed by atoms with E-state index in [2.05, 4.69) is 10.3 Å². The molecule has 0 bridgehead atoms. The lowest BCUT2D eigenvalue weighted by Gasteiger charge is -2.15. The number of aromatic nitrogens is 3. The second kappa shape index (κ2) is 9.14. The minimum absolute atomic E-state index is 0.0850. The van der Waals surface area contributed by atoms with E-state index in [0.717, 1.165) is 23.4 Å². The van der Waals surface area contributed by atoms with Gasteiger partial charge in [0.1, 0.15) is 17.1 Å². The second-order valence-corrected chi connectivity index (χ2v) is 7.68. The highest BCUT2D eigenvalue weighted by atomic mass is 35.5. The molecule has 3 heterocycles. The van der Waals surface area contributed by atoms with Crippen molar-refractivity contribution >= 4 is 17.6 Å². The third-order valence-electron chi connectivity index (χ3n) is 5.12. The molecule has 3 aromatic rings. The van der Waals surface area contributed by atoms with Gasteiger partial charge in [0.2, 0.25) is 0 Å². The van der Waals surface area contributed by atoms with Crippen molar-refractivity contribution in [1.29, 1.82) is 0 Å². The molecule has 0 aliphatic carbocycles. The molecule has 1 aliphatic rings. The van der Waals surface area contributed by atoms with Crippen molar-refractivity contribution < 1.29 is 36.4 Å². The quantitative estimate of drug-likeness (QED) is 0.343. The Morgan fingerprint density at radius 1 is 1.36 bits per heavy atom. The lowest BCUT2D eigenvalue weighted by molar-refractivity contribution is -0.144. The van der Waals surface area contributed by atoms with Crippen LogP contribution < -0.4 is 0 Å². The highest BCUT2D eigenvalue weighted by Gasteiger charge is 2.42. The van der Waals surface area contributed by atoms with E-state index in [1.54, 1.807) is 0 Å². The summed E-state index contributed by atoms with van der Waals surface area (Å²) in [7, 11) is 0. The zero-order valence-electron chi connectivity index (χ0n) is 17.3. The van der Waals surface area contributed by atoms with Gasteiger partial charge in [-0.3, -0.25) is 4.68 Å². The molecule has 1 aromatic carbocycles. The van der Waals surface area contributed by atoms with E-state index in [4.69, 9.17) is 25.6 Å². The fraction of sp³-hybridized carbons (Fsp3) is 0.381. The van der Waals surface area contributed by atoms with E-state index in [1.807, 2.05) is 0 Å². The fourth-order valence-electron chi connectivity index (χ4n) is 3.73. The van der Waals surface area contributed by atoms with Crippen LogP contribution in [-0.2, 0) is 22.2 Å². The zero-order valence-corrected chi connectivity index (χ0v) is 18.0. The number of rotatable bonds is 6. The summed E-state index contributed by atoms with van der Waals surface area (Å²) in [6.07, 6.45) is -3.01. The Kier molecular flexibility index (Phi) is 6.44. The summed E-state index contributed by atoms with van der Waals surface area (Å²) in [6.45, 7) is 1.76. The molecule has 1 aliphatic heterocycles. The van der Waals surface area contributed by atoms with Crippen LogP contribution in [0.1, 0.15) is 35.8 Å². The van der Waals surface area contributed by atoms with Crippen LogP contribution in [0.4, 0.5) is 17.6 Å². The van der Waals surface area contributed by atoms with Gasteiger partial charge in [-0.25, -0.2) is 9.18 Å². The summed E-state index contributed by atoms with van der Waals surface area (Å²) < 4.78 is 73.1. The molecule has 12 heteroatoms. The minimum Gasteiger partial charge on any atom is -0.462 e. The first kappa shape index (κ1) is 23.2. The van der Waals surface area contributed by atoms with E-state index >= 15 is 0 Å². The second-order valence-electron chi connectivity index (χ2n) is 7.27. The van der Waals surface area contributed by atoms with E-state index in [-0.39, 0.29) is 29.4 Å². The average Bonchev–Trinajstić information content (AvgIpc) is 3.47. The smallest absolute Gasteiger partial charge is 0.433 e. The number of ether oxygens (including phenoxy) is 2. The maximum absolute atomic E-state index is 14.5. The summed E-state index contributed by atoms with van der Waals surface area (Å²) >= 11 is 6.09. The SMILES string of the molecule is CCOC(=O)c1c(-c2c(F)cccc2Cl)noc1-c1cnn(CC2CCCO2)c1C(F)(F)F. The monoisotopic (exact) mass is 487 g/mol. The highest BCUT2D eigenvalue weighted by Crippen LogP contribution is 2.42. The molecule has 0 amide bonds. The molecule has 1 saturated heterocycles. The van der Waals surface area contributed by atoms with Crippen molar-refractivity contribution in [3.05, 3.63) is 46.5 Å². The predicted molar refractivity (Wildman–Crippen MR) is 108 cm³/mol. The van der Waals surface area contributed by atoms with Crippen LogP contribution in [0.25, 0.3) is 22.6 Å². The lowest BCUT2D eigenvalue weighted by atomic mass is 10.0. The van der Waals surface area contributed by atoms with Crippen molar-refractivity contribution in [2.24, 2.45) is 0 Å². The van der Waals surface area contributed by atoms with Gasteiger partial charge in [0.25, 0.3) is 0 Å². The third-order valence-corrected chi connectivity index (χ3v) is 5.44. The summed E-state index contributed by atoms with van der Waals surface area (Å²) in [5.74, 6) is -2.42. The normalized spacial score (nSPS) is 16.4. The minimum atomic E-state index is -4.85. The molecular formula is C21H18ClF4N3O4. The number of benzene rings is 1. The van der Waals surface area contributed by atoms with Crippen LogP contribution >= 0.6 is 11.6 Å². The van der Waals surface area contributed by atoms with Gasteiger partial charge in [-0.05, 0) is 31.9 Å². The molecule has 1 fully saturated rings. The maximum atomic E-state index is 14.5. The number of hydrogen-bond acceptors (Lipinski definition) is 6. The number of carbonyl (C=O) groups is 1. The van der Waals surface area contributed by atoms with Crippen LogP contribution in [0.15, 0.2) is 28.9 Å². The maximum Gasteiger partial charge on any atom is 0.433 e. The predicted octanol–water partition coefficient (Wildman–Crippen LogP) is 5.37. The number of halogens is 5. The molecule has 2 aromatic heterocycles. The van der Waals surface area contributed by atoms with Crippen molar-refractivity contribution in [3.8, 4) is 22.6 Å². The average molecular weight is 488 g/mol. The summed E-state index contributed by atoms with van der Waals surface area (Å²) in [6, 6.07) is 3.76. The Bertz CT molecular complexity index is 1150. The van der Waals surface area contributed by atoms with Gasteiger partial charge in [-0.2, -0.15) is 18.3 Å². The van der Waals surface area contributed by atoms with Gasteiger partial charge in [-0.15, -0.1) is 0 Å². The van der Waals surface area contributed by atoms with Crippen molar-refractivity contribution in [2.45, 2.75) is 38.6 Å². The molecular weight excluding hydrogens is 470 g/mol. The Morgan fingerprint density at radius 3 is 2.79 bits per heavy atom. The largest absolute Gasteiger partial charge is 0.462 e. The van der Waals surface area contributed by atoms with Gasteiger partial charge in [0, 0.05) is 6.61 Å². The Hall–Kier alpha value is -2.92. The van der Waals surface area contributed by atoms with Crippen LogP contribution in [0, 0.1) is 5.82 Å². The summed E-state index contributed by atoms with van der Waals surface area (Å²) in [4.78, 5) is 12.7. The number of carbonyl (C=O) groups excluding carboxylic acids is 1. The molecule has 0 spiro atoms. The first-order chi connectivity index (χ1) is 15.7. The number of nitrogens with zero attached hydrogens (tertiary/aromatic N) is 3. The van der Waals surface area contributed by atoms with E-state index in [9.17, 15) is 22.4 Å². The molecule has 33 heavy (non-hydrogen) atoms. The Morgan fingerprint density at radius 2 is 2.15 bits per heavy atom. The molecule has 1 atom stereocenters. The standard InChI is InChI=1S/C21H18ClF4N3O4/c1-2-31-20(30)16-17(15-13(22)6-3-7-14(15)23)28-33-18(16)12-9-27-29(19(12)21(24,25)26)10-11-5-4-8-32-11/h3,6-7,9,11H,2,4-5,8,10H2,1H3.